The number of ether oxygens (including phenoxy) is 1. The third kappa shape index (κ3) is 2.00. The van der Waals surface area contributed by atoms with E-state index in [1.165, 1.54) is 0 Å². The van der Waals surface area contributed by atoms with E-state index in [9.17, 15) is 4.79 Å². The van der Waals surface area contributed by atoms with E-state index in [0.29, 0.717) is 6.61 Å². The molecule has 1 saturated heterocycles. The summed E-state index contributed by atoms with van der Waals surface area (Å²) in [7, 11) is 0. The van der Waals surface area contributed by atoms with Gasteiger partial charge in [0.2, 0.25) is 0 Å². The minimum Gasteiger partial charge on any atom is -0.465 e. The van der Waals surface area contributed by atoms with Gasteiger partial charge in [0.25, 0.3) is 0 Å². The van der Waals surface area contributed by atoms with Crippen LogP contribution in [0.15, 0.2) is 41.4 Å². The fourth-order valence-corrected chi connectivity index (χ4v) is 3.03. The van der Waals surface area contributed by atoms with Crippen LogP contribution in [0.5, 0.6) is 0 Å². The Morgan fingerprint density at radius 2 is 2.18 bits per heavy atom. The average Bonchev–Trinajstić information content (AvgIpc) is 2.76. The predicted octanol–water partition coefficient (Wildman–Crippen LogP) is 2.64. The number of para-hydroxylation sites is 1. The third-order valence-electron chi connectivity index (χ3n) is 2.75. The van der Waals surface area contributed by atoms with Gasteiger partial charge in [-0.15, -0.1) is 11.8 Å². The van der Waals surface area contributed by atoms with E-state index >= 15 is 0 Å². The fraction of sp³-hybridized carbons (Fsp3) is 0.231. The maximum Gasteiger partial charge on any atom is 0.319 e. The summed E-state index contributed by atoms with van der Waals surface area (Å²) < 4.78 is 4.97. The van der Waals surface area contributed by atoms with Crippen LogP contribution in [0.1, 0.15) is 6.42 Å². The van der Waals surface area contributed by atoms with Gasteiger partial charge < -0.3 is 4.74 Å². The molecule has 0 N–H and O–H groups in total. The molecule has 0 bridgehead atoms. The molecule has 3 nitrogen and oxygen atoms in total. The van der Waals surface area contributed by atoms with Crippen LogP contribution in [0.4, 0.5) is 0 Å². The van der Waals surface area contributed by atoms with Crippen molar-refractivity contribution in [1.29, 1.82) is 0 Å². The molecule has 0 saturated carbocycles. The first kappa shape index (κ1) is 10.6. The lowest BCUT2D eigenvalue weighted by molar-refractivity contribution is -0.137. The van der Waals surface area contributed by atoms with Crippen LogP contribution in [-0.2, 0) is 9.53 Å². The highest BCUT2D eigenvalue weighted by Gasteiger charge is 2.27. The molecule has 1 atom stereocenters. The van der Waals surface area contributed by atoms with E-state index in [1.54, 1.807) is 18.0 Å². The molecule has 2 heterocycles. The Hall–Kier alpha value is -1.55. The molecule has 0 amide bonds. The lowest BCUT2D eigenvalue weighted by Crippen LogP contribution is -2.09. The zero-order valence-electron chi connectivity index (χ0n) is 9.13. The number of benzene rings is 1. The van der Waals surface area contributed by atoms with Crippen molar-refractivity contribution in [3.8, 4) is 0 Å². The second-order valence-electron chi connectivity index (χ2n) is 3.89. The van der Waals surface area contributed by atoms with Gasteiger partial charge in [-0.2, -0.15) is 0 Å². The molecular formula is C13H11NO2S. The van der Waals surface area contributed by atoms with Crippen molar-refractivity contribution in [3.05, 3.63) is 36.5 Å². The number of pyridine rings is 1. The van der Waals surface area contributed by atoms with E-state index < -0.39 is 0 Å². The minimum absolute atomic E-state index is 0.0809. The van der Waals surface area contributed by atoms with Gasteiger partial charge in [0, 0.05) is 22.9 Å². The zero-order chi connectivity index (χ0) is 11.7. The lowest BCUT2D eigenvalue weighted by Gasteiger charge is -2.07. The van der Waals surface area contributed by atoms with Crippen LogP contribution in [0.2, 0.25) is 0 Å². The molecule has 0 aliphatic carbocycles. The van der Waals surface area contributed by atoms with Crippen LogP contribution in [0.25, 0.3) is 10.9 Å². The van der Waals surface area contributed by atoms with E-state index in [0.717, 1.165) is 22.2 Å². The summed E-state index contributed by atoms with van der Waals surface area (Å²) in [5.41, 5.74) is 0.958. The van der Waals surface area contributed by atoms with Crippen LogP contribution in [-0.4, -0.2) is 22.8 Å². The summed E-state index contributed by atoms with van der Waals surface area (Å²) in [6.45, 7) is 0.536. The van der Waals surface area contributed by atoms with Gasteiger partial charge in [-0.1, -0.05) is 18.2 Å². The number of hydrogen-bond acceptors (Lipinski definition) is 4. The van der Waals surface area contributed by atoms with Crippen molar-refractivity contribution in [1.82, 2.24) is 4.98 Å². The molecule has 3 rings (SSSR count). The van der Waals surface area contributed by atoms with Crippen molar-refractivity contribution in [2.24, 2.45) is 0 Å². The molecule has 1 aromatic heterocycles. The number of hydrogen-bond donors (Lipinski definition) is 0. The van der Waals surface area contributed by atoms with E-state index in [-0.39, 0.29) is 11.2 Å². The summed E-state index contributed by atoms with van der Waals surface area (Å²) in [5, 5.41) is 1.02. The number of carbonyl (C=O) groups is 1. The summed E-state index contributed by atoms with van der Waals surface area (Å²) in [4.78, 5) is 16.9. The van der Waals surface area contributed by atoms with Gasteiger partial charge in [0.1, 0.15) is 5.25 Å². The van der Waals surface area contributed by atoms with Crippen molar-refractivity contribution in [2.75, 3.05) is 6.61 Å². The number of rotatable bonds is 2. The van der Waals surface area contributed by atoms with Crippen molar-refractivity contribution in [3.63, 3.8) is 0 Å². The first-order chi connectivity index (χ1) is 8.34. The lowest BCUT2D eigenvalue weighted by atomic mass is 10.2. The number of nitrogens with zero attached hydrogens (tertiary/aromatic N) is 1. The smallest absolute Gasteiger partial charge is 0.319 e. The van der Waals surface area contributed by atoms with Gasteiger partial charge >= 0.3 is 5.97 Å². The quantitative estimate of drug-likeness (QED) is 0.762. The van der Waals surface area contributed by atoms with Gasteiger partial charge in [-0.3, -0.25) is 9.78 Å². The normalized spacial score (nSPS) is 19.5. The van der Waals surface area contributed by atoms with Crippen LogP contribution in [0, 0.1) is 0 Å². The molecule has 1 fully saturated rings. The Labute approximate surface area is 103 Å². The van der Waals surface area contributed by atoms with Gasteiger partial charge in [0.05, 0.1) is 12.1 Å². The summed E-state index contributed by atoms with van der Waals surface area (Å²) in [6.07, 6.45) is 2.56. The molecule has 0 unspecified atom stereocenters. The number of carbonyl (C=O) groups excluding carboxylic acids is 1. The number of thioether (sulfide) groups is 1. The van der Waals surface area contributed by atoms with Gasteiger partial charge in [-0.05, 0) is 12.1 Å². The molecule has 1 aliphatic heterocycles. The fourth-order valence-electron chi connectivity index (χ4n) is 1.91. The van der Waals surface area contributed by atoms with Crippen LogP contribution in [0.3, 0.4) is 0 Å². The first-order valence-electron chi connectivity index (χ1n) is 5.51. The maximum atomic E-state index is 11.5. The monoisotopic (exact) mass is 245 g/mol. The highest BCUT2D eigenvalue weighted by molar-refractivity contribution is 8.00. The van der Waals surface area contributed by atoms with Gasteiger partial charge in [-0.25, -0.2) is 0 Å². The summed E-state index contributed by atoms with van der Waals surface area (Å²) >= 11 is 1.55. The molecule has 17 heavy (non-hydrogen) atoms. The van der Waals surface area contributed by atoms with Gasteiger partial charge in [0.15, 0.2) is 0 Å². The molecule has 0 spiro atoms. The van der Waals surface area contributed by atoms with Crippen molar-refractivity contribution < 1.29 is 9.53 Å². The minimum atomic E-state index is -0.108. The topological polar surface area (TPSA) is 39.2 Å². The SMILES string of the molecule is O=C1OCC[C@@H]1Sc1cccc2cccnc12. The molecule has 1 aromatic carbocycles. The average molecular weight is 245 g/mol. The van der Waals surface area contributed by atoms with E-state index in [2.05, 4.69) is 4.98 Å². The molecule has 4 heteroatoms. The molecule has 2 aromatic rings. The predicted molar refractivity (Wildman–Crippen MR) is 67.0 cm³/mol. The van der Waals surface area contributed by atoms with Crippen molar-refractivity contribution in [2.45, 2.75) is 16.6 Å². The summed E-state index contributed by atoms with van der Waals surface area (Å²) in [6, 6.07) is 9.97. The van der Waals surface area contributed by atoms with E-state index in [1.807, 2.05) is 30.3 Å². The Bertz CT molecular complexity index is 565. The molecule has 0 radical (unpaired) electrons. The Morgan fingerprint density at radius 1 is 1.29 bits per heavy atom. The highest BCUT2D eigenvalue weighted by atomic mass is 32.2. The maximum absolute atomic E-state index is 11.5. The standard InChI is InChI=1S/C13H11NO2S/c15-13-11(6-8-16-13)17-10-5-1-3-9-4-2-7-14-12(9)10/h1-5,7,11H,6,8H2/t11-/m0/s1. The second kappa shape index (κ2) is 4.37. The summed E-state index contributed by atoms with van der Waals surface area (Å²) in [5.74, 6) is -0.108. The Kier molecular flexibility index (Phi) is 2.73. The number of cyclic esters (lactones) is 1. The number of fused-ring (bicyclic) bond motifs is 1. The Balaban J connectivity index is 1.97. The van der Waals surface area contributed by atoms with E-state index in [4.69, 9.17) is 4.74 Å². The zero-order valence-corrected chi connectivity index (χ0v) is 9.94. The molecule has 86 valence electrons. The third-order valence-corrected chi connectivity index (χ3v) is 4.05. The highest BCUT2D eigenvalue weighted by Crippen LogP contribution is 2.33. The first-order valence-corrected chi connectivity index (χ1v) is 6.39. The van der Waals surface area contributed by atoms with Crippen molar-refractivity contribution >= 4 is 28.6 Å². The second-order valence-corrected chi connectivity index (χ2v) is 5.14. The molecule has 1 aliphatic rings. The Morgan fingerprint density at radius 3 is 3.00 bits per heavy atom. The van der Waals surface area contributed by atoms with Crippen LogP contribution >= 0.6 is 11.8 Å². The molecular weight excluding hydrogens is 234 g/mol. The number of aromatic nitrogens is 1. The number of esters is 1. The largest absolute Gasteiger partial charge is 0.465 e. The van der Waals surface area contributed by atoms with Crippen LogP contribution < -0.4 is 0 Å².